The van der Waals surface area contributed by atoms with Crippen LogP contribution in [0.1, 0.15) is 44.7 Å². The molecule has 9 nitrogen and oxygen atoms in total. The van der Waals surface area contributed by atoms with E-state index < -0.39 is 32.5 Å². The number of anilines is 2. The topological polar surface area (TPSA) is 111 Å². The first kappa shape index (κ1) is 28.6. The molecule has 2 aliphatic heterocycles. The summed E-state index contributed by atoms with van der Waals surface area (Å²) in [6.45, 7) is 11.9. The lowest BCUT2D eigenvalue weighted by molar-refractivity contribution is -0.118. The smallest absolute Gasteiger partial charge is 0.414 e. The minimum absolute atomic E-state index is 0.0332. The van der Waals surface area contributed by atoms with Gasteiger partial charge >= 0.3 is 12.2 Å². The highest BCUT2D eigenvalue weighted by Crippen LogP contribution is 2.40. The third kappa shape index (κ3) is 6.62. The van der Waals surface area contributed by atoms with Crippen molar-refractivity contribution >= 4 is 37.8 Å². The number of ether oxygens (including phenoxy) is 2. The Balaban J connectivity index is 1.54. The van der Waals surface area contributed by atoms with Crippen LogP contribution in [0.4, 0.5) is 21.0 Å². The molecular formula is C29H39N3O6Si. The number of amides is 3. The molecule has 2 heterocycles. The number of nitrogens with two attached hydrogens (primary N) is 1. The zero-order chi connectivity index (χ0) is 28.4. The number of fused-ring (bicyclic) bond motifs is 1. The van der Waals surface area contributed by atoms with Gasteiger partial charge in [-0.1, -0.05) is 51.1 Å². The van der Waals surface area contributed by atoms with Gasteiger partial charge in [0, 0.05) is 12.1 Å². The Kier molecular flexibility index (Phi) is 8.36. The van der Waals surface area contributed by atoms with E-state index in [1.165, 1.54) is 0 Å². The number of hydrogen-bond acceptors (Lipinski definition) is 6. The molecule has 1 saturated heterocycles. The van der Waals surface area contributed by atoms with E-state index in [2.05, 4.69) is 33.9 Å². The second kappa shape index (κ2) is 11.4. The molecule has 2 aliphatic rings. The Morgan fingerprint density at radius 1 is 1.13 bits per heavy atom. The van der Waals surface area contributed by atoms with Crippen LogP contribution in [0, 0.1) is 0 Å². The number of primary amides is 1. The molecule has 10 heteroatoms. The van der Waals surface area contributed by atoms with Crippen molar-refractivity contribution < 1.29 is 28.3 Å². The molecule has 2 atom stereocenters. The molecule has 0 saturated carbocycles. The number of cyclic esters (lactones) is 1. The van der Waals surface area contributed by atoms with E-state index in [-0.39, 0.29) is 24.1 Å². The van der Waals surface area contributed by atoms with E-state index in [9.17, 15) is 14.4 Å². The third-order valence-electron chi connectivity index (χ3n) is 7.89. The molecule has 0 aliphatic carbocycles. The molecule has 2 aromatic rings. The first-order valence-electron chi connectivity index (χ1n) is 13.4. The van der Waals surface area contributed by atoms with Crippen LogP contribution in [0.3, 0.4) is 0 Å². The standard InChI is InChI=1S/C29H39N3O6Si/c1-29(2,3)39(4,5)37-19-23-16-21-15-22(31-17-24(38-27(31)34)12-14-26(30)33)11-13-25(21)32(23)28(35)36-18-20-9-7-6-8-10-20/h6-11,13,15,23-24H,12,14,16-19H2,1-5H3,(H2,30,33). The maximum absolute atomic E-state index is 13.4. The number of rotatable bonds is 9. The van der Waals surface area contributed by atoms with E-state index in [0.29, 0.717) is 31.7 Å². The molecule has 0 radical (unpaired) electrons. The number of carbonyl (C=O) groups is 3. The Morgan fingerprint density at radius 2 is 1.85 bits per heavy atom. The van der Waals surface area contributed by atoms with Crippen molar-refractivity contribution in [2.24, 2.45) is 5.73 Å². The summed E-state index contributed by atoms with van der Waals surface area (Å²) in [5.74, 6) is -0.424. The van der Waals surface area contributed by atoms with E-state index >= 15 is 0 Å². The summed E-state index contributed by atoms with van der Waals surface area (Å²) in [5, 5.41) is 0.0332. The Labute approximate surface area is 231 Å². The maximum Gasteiger partial charge on any atom is 0.414 e. The highest BCUT2D eigenvalue weighted by molar-refractivity contribution is 6.74. The molecule has 0 spiro atoms. The second-order valence-corrected chi connectivity index (χ2v) is 16.6. The largest absolute Gasteiger partial charge is 0.444 e. The minimum atomic E-state index is -2.06. The fourth-order valence-corrected chi connectivity index (χ4v) is 5.60. The van der Waals surface area contributed by atoms with Crippen molar-refractivity contribution in [3.63, 3.8) is 0 Å². The number of nitrogens with zero attached hydrogens (tertiary/aromatic N) is 2. The van der Waals surface area contributed by atoms with E-state index in [0.717, 1.165) is 16.8 Å². The molecule has 2 unspecified atom stereocenters. The summed E-state index contributed by atoms with van der Waals surface area (Å²) in [7, 11) is -2.06. The third-order valence-corrected chi connectivity index (χ3v) is 12.4. The van der Waals surface area contributed by atoms with E-state index in [1.807, 2.05) is 48.5 Å². The Bertz CT molecular complexity index is 1210. The molecule has 210 valence electrons. The van der Waals surface area contributed by atoms with Crippen molar-refractivity contribution in [3.05, 3.63) is 59.7 Å². The molecule has 3 amide bonds. The minimum Gasteiger partial charge on any atom is -0.444 e. The van der Waals surface area contributed by atoms with Crippen molar-refractivity contribution in [1.29, 1.82) is 0 Å². The zero-order valence-electron chi connectivity index (χ0n) is 23.4. The van der Waals surface area contributed by atoms with Crippen LogP contribution < -0.4 is 15.5 Å². The van der Waals surface area contributed by atoms with Gasteiger partial charge < -0.3 is 19.6 Å². The number of carbonyl (C=O) groups excluding carboxylic acids is 3. The number of benzene rings is 2. The van der Waals surface area contributed by atoms with Gasteiger partial charge in [0.2, 0.25) is 5.91 Å². The van der Waals surface area contributed by atoms with Gasteiger partial charge in [0.05, 0.1) is 24.9 Å². The van der Waals surface area contributed by atoms with Gasteiger partial charge in [0.1, 0.15) is 12.7 Å². The second-order valence-electron chi connectivity index (χ2n) is 11.8. The summed E-state index contributed by atoms with van der Waals surface area (Å²) in [5.41, 5.74) is 8.52. The monoisotopic (exact) mass is 553 g/mol. The van der Waals surface area contributed by atoms with Crippen molar-refractivity contribution in [2.75, 3.05) is 23.0 Å². The van der Waals surface area contributed by atoms with Crippen molar-refractivity contribution in [1.82, 2.24) is 0 Å². The molecule has 0 aromatic heterocycles. The van der Waals surface area contributed by atoms with Gasteiger partial charge in [-0.25, -0.2) is 9.59 Å². The van der Waals surface area contributed by atoms with Crippen LogP contribution in [0.5, 0.6) is 0 Å². The normalized spacial score (nSPS) is 19.2. The SMILES string of the molecule is CC(C)(C)[Si](C)(C)OCC1Cc2cc(N3CC(CCC(N)=O)OC3=O)ccc2N1C(=O)OCc1ccccc1. The quantitative estimate of drug-likeness (QED) is 0.418. The Hall–Kier alpha value is -3.37. The fourth-order valence-electron chi connectivity index (χ4n) is 4.56. The van der Waals surface area contributed by atoms with E-state index in [1.54, 1.807) is 9.80 Å². The average molecular weight is 554 g/mol. The van der Waals surface area contributed by atoms with Gasteiger partial charge in [-0.2, -0.15) is 0 Å². The van der Waals surface area contributed by atoms with Crippen molar-refractivity contribution in [2.45, 2.75) is 76.9 Å². The van der Waals surface area contributed by atoms with Crippen LogP contribution in [0.15, 0.2) is 48.5 Å². The average Bonchev–Trinajstić information content (AvgIpc) is 3.44. The van der Waals surface area contributed by atoms with Crippen molar-refractivity contribution in [3.8, 4) is 0 Å². The summed E-state index contributed by atoms with van der Waals surface area (Å²) in [4.78, 5) is 40.4. The van der Waals surface area contributed by atoms with E-state index in [4.69, 9.17) is 19.6 Å². The highest BCUT2D eigenvalue weighted by Gasteiger charge is 2.41. The number of hydrogen-bond donors (Lipinski definition) is 1. The summed E-state index contributed by atoms with van der Waals surface area (Å²) in [6, 6.07) is 14.9. The molecule has 2 aromatic carbocycles. The fraction of sp³-hybridized carbons (Fsp3) is 0.483. The first-order valence-corrected chi connectivity index (χ1v) is 16.3. The highest BCUT2D eigenvalue weighted by atomic mass is 28.4. The predicted octanol–water partition coefficient (Wildman–Crippen LogP) is 5.37. The van der Waals surface area contributed by atoms with Crippen LogP contribution >= 0.6 is 0 Å². The molecule has 39 heavy (non-hydrogen) atoms. The molecule has 4 rings (SSSR count). The lowest BCUT2D eigenvalue weighted by Crippen LogP contribution is -2.47. The molecular weight excluding hydrogens is 514 g/mol. The molecule has 0 bridgehead atoms. The lowest BCUT2D eigenvalue weighted by Gasteiger charge is -2.37. The predicted molar refractivity (Wildman–Crippen MR) is 152 cm³/mol. The molecule has 2 N–H and O–H groups in total. The van der Waals surface area contributed by atoms with Gasteiger partial charge in [-0.3, -0.25) is 14.6 Å². The lowest BCUT2D eigenvalue weighted by atomic mass is 10.1. The Morgan fingerprint density at radius 3 is 2.51 bits per heavy atom. The van der Waals surface area contributed by atoms with Gasteiger partial charge in [-0.05, 0) is 60.3 Å². The van der Waals surface area contributed by atoms with Gasteiger partial charge in [0.25, 0.3) is 0 Å². The maximum atomic E-state index is 13.4. The van der Waals surface area contributed by atoms with Gasteiger partial charge in [-0.15, -0.1) is 0 Å². The molecule has 1 fully saturated rings. The summed E-state index contributed by atoms with van der Waals surface area (Å²) < 4.78 is 17.7. The summed E-state index contributed by atoms with van der Waals surface area (Å²) >= 11 is 0. The van der Waals surface area contributed by atoms with Crippen LogP contribution in [-0.4, -0.2) is 51.7 Å². The summed E-state index contributed by atoms with van der Waals surface area (Å²) in [6.07, 6.45) is -0.164. The zero-order valence-corrected chi connectivity index (χ0v) is 24.4. The van der Waals surface area contributed by atoms with Crippen LogP contribution in [-0.2, 0) is 31.7 Å². The first-order chi connectivity index (χ1) is 18.4. The van der Waals surface area contributed by atoms with Crippen LogP contribution in [0.25, 0.3) is 0 Å². The van der Waals surface area contributed by atoms with Crippen LogP contribution in [0.2, 0.25) is 18.1 Å². The van der Waals surface area contributed by atoms with Gasteiger partial charge in [0.15, 0.2) is 8.32 Å².